The fraction of sp³-hybridized carbons (Fsp3) is 0.667. The Hall–Kier alpha value is -1.02. The van der Waals surface area contributed by atoms with E-state index in [1.54, 1.807) is 7.11 Å². The molecular weight excluding hydrogens is 246 g/mol. The molecule has 20 heavy (non-hydrogen) atoms. The molecule has 1 aromatic rings. The third-order valence-electron chi connectivity index (χ3n) is 5.08. The second-order valence-electron chi connectivity index (χ2n) is 6.40. The number of benzene rings is 1. The van der Waals surface area contributed by atoms with Gasteiger partial charge in [-0.05, 0) is 61.4 Å². The number of fused-ring (bicyclic) bond motifs is 1. The van der Waals surface area contributed by atoms with Crippen LogP contribution in [0.5, 0.6) is 5.75 Å². The zero-order valence-electron chi connectivity index (χ0n) is 12.7. The maximum Gasteiger partial charge on any atom is 0.119 e. The highest BCUT2D eigenvalue weighted by Gasteiger charge is 2.21. The number of nitrogens with one attached hydrogen (secondary N) is 1. The van der Waals surface area contributed by atoms with Gasteiger partial charge in [0.25, 0.3) is 0 Å². The first-order valence-electron chi connectivity index (χ1n) is 8.27. The Kier molecular flexibility index (Phi) is 4.62. The van der Waals surface area contributed by atoms with Crippen molar-refractivity contribution < 1.29 is 4.74 Å². The summed E-state index contributed by atoms with van der Waals surface area (Å²) >= 11 is 0. The van der Waals surface area contributed by atoms with Crippen LogP contribution in [-0.4, -0.2) is 13.7 Å². The van der Waals surface area contributed by atoms with Crippen LogP contribution in [0.1, 0.15) is 62.1 Å². The lowest BCUT2D eigenvalue weighted by atomic mass is 9.87. The van der Waals surface area contributed by atoms with Gasteiger partial charge in [0.2, 0.25) is 0 Å². The predicted molar refractivity (Wildman–Crippen MR) is 83.3 cm³/mol. The van der Waals surface area contributed by atoms with Gasteiger partial charge in [-0.15, -0.1) is 0 Å². The fourth-order valence-electron chi connectivity index (χ4n) is 3.89. The van der Waals surface area contributed by atoms with Crippen molar-refractivity contribution in [2.24, 2.45) is 5.92 Å². The molecule has 1 atom stereocenters. The van der Waals surface area contributed by atoms with Crippen molar-refractivity contribution in [3.05, 3.63) is 29.3 Å². The predicted octanol–water partition coefficient (Wildman–Crippen LogP) is 4.24. The third kappa shape index (κ3) is 3.17. The van der Waals surface area contributed by atoms with Gasteiger partial charge in [0.15, 0.2) is 0 Å². The van der Waals surface area contributed by atoms with E-state index in [1.807, 2.05) is 0 Å². The zero-order valence-corrected chi connectivity index (χ0v) is 12.7. The van der Waals surface area contributed by atoms with Crippen molar-refractivity contribution in [1.82, 2.24) is 5.32 Å². The van der Waals surface area contributed by atoms with Crippen LogP contribution in [-0.2, 0) is 6.42 Å². The van der Waals surface area contributed by atoms with Crippen molar-refractivity contribution in [1.29, 1.82) is 0 Å². The molecule has 1 saturated carbocycles. The second kappa shape index (κ2) is 6.62. The highest BCUT2D eigenvalue weighted by atomic mass is 16.5. The largest absolute Gasteiger partial charge is 0.497 e. The minimum atomic E-state index is 0.561. The second-order valence-corrected chi connectivity index (χ2v) is 6.40. The Labute approximate surface area is 122 Å². The van der Waals surface area contributed by atoms with Crippen LogP contribution >= 0.6 is 0 Å². The Morgan fingerprint density at radius 2 is 2.00 bits per heavy atom. The topological polar surface area (TPSA) is 21.3 Å². The van der Waals surface area contributed by atoms with E-state index in [1.165, 1.54) is 69.0 Å². The summed E-state index contributed by atoms with van der Waals surface area (Å²) in [5, 5.41) is 3.80. The monoisotopic (exact) mass is 273 g/mol. The molecule has 1 fully saturated rings. The minimum absolute atomic E-state index is 0.561. The van der Waals surface area contributed by atoms with Crippen LogP contribution < -0.4 is 10.1 Å². The van der Waals surface area contributed by atoms with Gasteiger partial charge in [0.1, 0.15) is 5.75 Å². The van der Waals surface area contributed by atoms with Gasteiger partial charge in [-0.3, -0.25) is 0 Å². The maximum atomic E-state index is 5.34. The van der Waals surface area contributed by atoms with Gasteiger partial charge in [0, 0.05) is 6.04 Å². The quantitative estimate of drug-likeness (QED) is 0.866. The zero-order chi connectivity index (χ0) is 13.8. The molecule has 2 heteroatoms. The van der Waals surface area contributed by atoms with Crippen molar-refractivity contribution in [2.45, 2.75) is 57.4 Å². The molecule has 1 unspecified atom stereocenters. The van der Waals surface area contributed by atoms with Crippen molar-refractivity contribution in [2.75, 3.05) is 13.7 Å². The molecule has 0 heterocycles. The first kappa shape index (κ1) is 13.9. The van der Waals surface area contributed by atoms with Crippen LogP contribution in [0.3, 0.4) is 0 Å². The average Bonchev–Trinajstić information content (AvgIpc) is 3.00. The molecule has 2 aliphatic carbocycles. The highest BCUT2D eigenvalue weighted by Crippen LogP contribution is 2.33. The molecule has 0 aliphatic heterocycles. The van der Waals surface area contributed by atoms with Gasteiger partial charge < -0.3 is 10.1 Å². The first-order chi connectivity index (χ1) is 9.86. The molecule has 0 amide bonds. The standard InChI is InChI=1S/C18H27NO/c1-20-16-9-10-17-15(13-16)7-4-8-18(17)19-12-11-14-5-2-3-6-14/h9-10,13-14,18-19H,2-8,11-12H2,1H3. The molecule has 0 spiro atoms. The van der Waals surface area contributed by atoms with E-state index in [0.717, 1.165) is 11.7 Å². The van der Waals surface area contributed by atoms with Gasteiger partial charge in [-0.1, -0.05) is 31.7 Å². The van der Waals surface area contributed by atoms with E-state index in [0.29, 0.717) is 6.04 Å². The number of methoxy groups -OCH3 is 1. The summed E-state index contributed by atoms with van der Waals surface area (Å²) in [6.45, 7) is 1.18. The van der Waals surface area contributed by atoms with Gasteiger partial charge in [-0.2, -0.15) is 0 Å². The number of rotatable bonds is 5. The minimum Gasteiger partial charge on any atom is -0.497 e. The molecule has 1 aromatic carbocycles. The smallest absolute Gasteiger partial charge is 0.119 e. The normalized spacial score (nSPS) is 22.8. The number of aryl methyl sites for hydroxylation is 1. The van der Waals surface area contributed by atoms with E-state index < -0.39 is 0 Å². The average molecular weight is 273 g/mol. The summed E-state index contributed by atoms with van der Waals surface area (Å²) in [5.41, 5.74) is 2.98. The van der Waals surface area contributed by atoms with E-state index in [9.17, 15) is 0 Å². The number of hydrogen-bond acceptors (Lipinski definition) is 2. The van der Waals surface area contributed by atoms with E-state index >= 15 is 0 Å². The fourth-order valence-corrected chi connectivity index (χ4v) is 3.89. The molecular formula is C18H27NO. The Bertz CT molecular complexity index is 437. The molecule has 2 aliphatic rings. The van der Waals surface area contributed by atoms with Crippen LogP contribution in [0, 0.1) is 5.92 Å². The van der Waals surface area contributed by atoms with Gasteiger partial charge >= 0.3 is 0 Å². The van der Waals surface area contributed by atoms with E-state index in [4.69, 9.17) is 4.74 Å². The Morgan fingerprint density at radius 1 is 1.15 bits per heavy atom. The summed E-state index contributed by atoms with van der Waals surface area (Å²) in [7, 11) is 1.75. The van der Waals surface area contributed by atoms with Crippen LogP contribution in [0.2, 0.25) is 0 Å². The Morgan fingerprint density at radius 3 is 2.80 bits per heavy atom. The molecule has 0 aromatic heterocycles. The summed E-state index contributed by atoms with van der Waals surface area (Å²) in [6, 6.07) is 7.15. The SMILES string of the molecule is COc1ccc2c(c1)CCCC2NCCC1CCCC1. The number of ether oxygens (including phenoxy) is 1. The van der Waals surface area contributed by atoms with Crippen LogP contribution in [0.4, 0.5) is 0 Å². The molecule has 3 rings (SSSR count). The molecule has 0 radical (unpaired) electrons. The van der Waals surface area contributed by atoms with Crippen molar-refractivity contribution in [3.63, 3.8) is 0 Å². The molecule has 110 valence electrons. The first-order valence-corrected chi connectivity index (χ1v) is 8.27. The lowest BCUT2D eigenvalue weighted by molar-refractivity contribution is 0.404. The van der Waals surface area contributed by atoms with Gasteiger partial charge in [0.05, 0.1) is 7.11 Å². The lowest BCUT2D eigenvalue weighted by Crippen LogP contribution is -2.27. The van der Waals surface area contributed by atoms with Crippen LogP contribution in [0.15, 0.2) is 18.2 Å². The lowest BCUT2D eigenvalue weighted by Gasteiger charge is -2.27. The van der Waals surface area contributed by atoms with E-state index in [2.05, 4.69) is 23.5 Å². The molecule has 0 bridgehead atoms. The highest BCUT2D eigenvalue weighted by molar-refractivity contribution is 5.39. The van der Waals surface area contributed by atoms with Crippen molar-refractivity contribution >= 4 is 0 Å². The Balaban J connectivity index is 1.58. The van der Waals surface area contributed by atoms with Crippen molar-refractivity contribution in [3.8, 4) is 5.75 Å². The maximum absolute atomic E-state index is 5.34. The molecule has 2 nitrogen and oxygen atoms in total. The van der Waals surface area contributed by atoms with Gasteiger partial charge in [-0.25, -0.2) is 0 Å². The summed E-state index contributed by atoms with van der Waals surface area (Å²) in [4.78, 5) is 0. The summed E-state index contributed by atoms with van der Waals surface area (Å²) in [5.74, 6) is 1.98. The van der Waals surface area contributed by atoms with E-state index in [-0.39, 0.29) is 0 Å². The molecule has 0 saturated heterocycles. The summed E-state index contributed by atoms with van der Waals surface area (Å²) in [6.07, 6.45) is 11.0. The van der Waals surface area contributed by atoms with Crippen LogP contribution in [0.25, 0.3) is 0 Å². The molecule has 1 N–H and O–H groups in total. The summed E-state index contributed by atoms with van der Waals surface area (Å²) < 4.78 is 5.34. The third-order valence-corrected chi connectivity index (χ3v) is 5.08. The number of hydrogen-bond donors (Lipinski definition) is 1.